The fourth-order valence-corrected chi connectivity index (χ4v) is 3.90. The number of phenols is 6. The van der Waals surface area contributed by atoms with E-state index >= 15 is 0 Å². The standard InChI is InChI=1S/3C6H6O5S.3Na/c3*7-4-2-1-3-5(6(4)8)12(9,10)11;;;/h3*1-3,7-8H,(H,9,10,11);;;/q;;;3*+1/p-3. The van der Waals surface area contributed by atoms with Crippen LogP contribution >= 0.6 is 0 Å². The van der Waals surface area contributed by atoms with Crippen LogP contribution in [0.15, 0.2) is 69.3 Å². The van der Waals surface area contributed by atoms with Crippen molar-refractivity contribution in [1.82, 2.24) is 0 Å². The van der Waals surface area contributed by atoms with Crippen molar-refractivity contribution in [3.8, 4) is 34.5 Å². The minimum Gasteiger partial charge on any atom is -0.744 e. The van der Waals surface area contributed by atoms with Crippen LogP contribution in [-0.4, -0.2) is 69.6 Å². The average molecular weight is 636 g/mol. The molecule has 0 unspecified atom stereocenters. The first-order valence-electron chi connectivity index (χ1n) is 8.69. The molecule has 0 fully saturated rings. The maximum Gasteiger partial charge on any atom is 1.00 e. The zero-order chi connectivity index (χ0) is 28.1. The second-order valence-electron chi connectivity index (χ2n) is 6.23. The molecule has 0 saturated heterocycles. The first kappa shape index (κ1) is 42.7. The van der Waals surface area contributed by atoms with E-state index in [-0.39, 0.29) is 88.7 Å². The van der Waals surface area contributed by atoms with Crippen LogP contribution in [0.4, 0.5) is 0 Å². The predicted octanol–water partition coefficient (Wildman–Crippen LogP) is -8.98. The zero-order valence-electron chi connectivity index (χ0n) is 20.3. The van der Waals surface area contributed by atoms with Gasteiger partial charge in [0.1, 0.15) is 30.4 Å². The zero-order valence-corrected chi connectivity index (χ0v) is 28.7. The third-order valence-electron chi connectivity index (χ3n) is 3.74. The summed E-state index contributed by atoms with van der Waals surface area (Å²) in [6.45, 7) is 0. The van der Waals surface area contributed by atoms with E-state index in [0.717, 1.165) is 54.6 Å². The van der Waals surface area contributed by atoms with Crippen molar-refractivity contribution in [3.05, 3.63) is 54.6 Å². The number of phenolic OH excluding ortho intramolecular Hbond substituents is 6. The topological polar surface area (TPSA) is 293 Å². The molecule has 3 aromatic rings. The molecule has 0 radical (unpaired) electrons. The van der Waals surface area contributed by atoms with Gasteiger partial charge in [0.05, 0.1) is 14.7 Å². The molecule has 3 rings (SSSR count). The van der Waals surface area contributed by atoms with E-state index in [1.54, 1.807) is 0 Å². The molecule has 15 nitrogen and oxygen atoms in total. The van der Waals surface area contributed by atoms with E-state index in [2.05, 4.69) is 0 Å². The Kier molecular flexibility index (Phi) is 18.8. The van der Waals surface area contributed by atoms with E-state index in [1.165, 1.54) is 0 Å². The summed E-state index contributed by atoms with van der Waals surface area (Å²) < 4.78 is 93.4. The molecule has 198 valence electrons. The van der Waals surface area contributed by atoms with E-state index in [1.807, 2.05) is 0 Å². The molecule has 0 aliphatic carbocycles. The van der Waals surface area contributed by atoms with Gasteiger partial charge >= 0.3 is 88.7 Å². The van der Waals surface area contributed by atoms with Gasteiger partial charge in [0.2, 0.25) is 0 Å². The van der Waals surface area contributed by atoms with Crippen LogP contribution in [0.1, 0.15) is 0 Å². The molecule has 0 saturated carbocycles. The van der Waals surface area contributed by atoms with Gasteiger partial charge in [0.25, 0.3) is 0 Å². The molecular formula is C18H15Na3O15S3. The molecule has 0 atom stereocenters. The van der Waals surface area contributed by atoms with Crippen molar-refractivity contribution >= 4 is 30.4 Å². The van der Waals surface area contributed by atoms with Crippen molar-refractivity contribution in [2.24, 2.45) is 0 Å². The smallest absolute Gasteiger partial charge is 0.744 e. The first-order valence-corrected chi connectivity index (χ1v) is 12.9. The van der Waals surface area contributed by atoms with Crippen LogP contribution < -0.4 is 88.7 Å². The van der Waals surface area contributed by atoms with Gasteiger partial charge in [-0.25, -0.2) is 25.3 Å². The van der Waals surface area contributed by atoms with Gasteiger partial charge in [-0.3, -0.25) is 0 Å². The Morgan fingerprint density at radius 1 is 0.410 bits per heavy atom. The summed E-state index contributed by atoms with van der Waals surface area (Å²) >= 11 is 0. The van der Waals surface area contributed by atoms with Gasteiger partial charge < -0.3 is 44.3 Å². The monoisotopic (exact) mass is 636 g/mol. The molecule has 21 heteroatoms. The Bertz CT molecular complexity index is 1390. The van der Waals surface area contributed by atoms with Gasteiger partial charge in [-0.2, -0.15) is 0 Å². The summed E-state index contributed by atoms with van der Waals surface area (Å²) in [4.78, 5) is -2.45. The first-order chi connectivity index (χ1) is 16.3. The molecule has 39 heavy (non-hydrogen) atoms. The predicted molar refractivity (Wildman–Crippen MR) is 113 cm³/mol. The van der Waals surface area contributed by atoms with E-state index in [4.69, 9.17) is 30.6 Å². The molecule has 0 aromatic heterocycles. The van der Waals surface area contributed by atoms with Crippen molar-refractivity contribution in [2.45, 2.75) is 14.7 Å². The SMILES string of the molecule is O=S(=O)([O-])c1cccc(O)c1O.O=S(=O)([O-])c1cccc(O)c1O.O=S(=O)([O-])c1cccc(O)c1O.[Na+].[Na+].[Na+]. The van der Waals surface area contributed by atoms with Crippen LogP contribution in [0.5, 0.6) is 34.5 Å². The third-order valence-corrected chi connectivity index (χ3v) is 6.35. The van der Waals surface area contributed by atoms with Crippen LogP contribution in [0.2, 0.25) is 0 Å². The van der Waals surface area contributed by atoms with Gasteiger partial charge in [-0.1, -0.05) is 18.2 Å². The van der Waals surface area contributed by atoms with E-state index in [9.17, 15) is 38.9 Å². The molecule has 3 aromatic carbocycles. The maximum atomic E-state index is 10.4. The van der Waals surface area contributed by atoms with Gasteiger partial charge in [0.15, 0.2) is 34.5 Å². The fraction of sp³-hybridized carbons (Fsp3) is 0. The number of rotatable bonds is 3. The minimum atomic E-state index is -4.72. The number of hydrogen-bond donors (Lipinski definition) is 6. The number of benzene rings is 3. The van der Waals surface area contributed by atoms with Gasteiger partial charge in [-0.15, -0.1) is 0 Å². The Labute approximate surface area is 288 Å². The second-order valence-corrected chi connectivity index (χ2v) is 10.3. The summed E-state index contributed by atoms with van der Waals surface area (Å²) in [6.07, 6.45) is 0. The Morgan fingerprint density at radius 3 is 0.718 bits per heavy atom. The summed E-state index contributed by atoms with van der Waals surface area (Å²) in [5.74, 6) is -4.63. The number of hydrogen-bond acceptors (Lipinski definition) is 15. The largest absolute Gasteiger partial charge is 1.00 e. The molecule has 0 spiro atoms. The van der Waals surface area contributed by atoms with Crippen LogP contribution in [0, 0.1) is 0 Å². The molecule has 0 heterocycles. The Balaban J connectivity index is -0.000000480. The second kappa shape index (κ2) is 17.2. The van der Waals surface area contributed by atoms with Gasteiger partial charge in [-0.05, 0) is 36.4 Å². The van der Waals surface area contributed by atoms with Crippen molar-refractivity contribution in [1.29, 1.82) is 0 Å². The fourth-order valence-electron chi connectivity index (χ4n) is 2.14. The summed E-state index contributed by atoms with van der Waals surface area (Å²) in [6, 6.07) is 9.42. The quantitative estimate of drug-likeness (QED) is 0.0884. The third kappa shape index (κ3) is 13.1. The molecule has 0 bridgehead atoms. The summed E-state index contributed by atoms with van der Waals surface area (Å²) in [5, 5.41) is 53.1. The molecule has 0 aliphatic heterocycles. The van der Waals surface area contributed by atoms with Crippen molar-refractivity contribution in [3.63, 3.8) is 0 Å². The van der Waals surface area contributed by atoms with Crippen molar-refractivity contribution < 1.29 is 158 Å². The van der Waals surface area contributed by atoms with Gasteiger partial charge in [0, 0.05) is 0 Å². The Hall–Kier alpha value is -0.810. The van der Waals surface area contributed by atoms with E-state index < -0.39 is 79.5 Å². The van der Waals surface area contributed by atoms with Crippen LogP contribution in [-0.2, 0) is 30.4 Å². The minimum absolute atomic E-state index is 0. The Morgan fingerprint density at radius 2 is 0.590 bits per heavy atom. The van der Waals surface area contributed by atoms with Crippen molar-refractivity contribution in [2.75, 3.05) is 0 Å². The van der Waals surface area contributed by atoms with Crippen LogP contribution in [0.3, 0.4) is 0 Å². The molecule has 0 aliphatic rings. The number of para-hydroxylation sites is 3. The molecular weight excluding hydrogens is 621 g/mol. The van der Waals surface area contributed by atoms with E-state index in [0.29, 0.717) is 0 Å². The normalized spacial score (nSPS) is 10.5. The summed E-state index contributed by atoms with van der Waals surface area (Å²) in [5.41, 5.74) is 0. The van der Waals surface area contributed by atoms with Crippen LogP contribution in [0.25, 0.3) is 0 Å². The maximum absolute atomic E-state index is 10.4. The average Bonchev–Trinajstić information content (AvgIpc) is 2.72. The molecule has 6 N–H and O–H groups in total. The molecule has 0 amide bonds. The number of aromatic hydroxyl groups is 6. The summed E-state index contributed by atoms with van der Waals surface area (Å²) in [7, 11) is -14.1.